The van der Waals surface area contributed by atoms with Crippen molar-refractivity contribution in [3.63, 3.8) is 0 Å². The Bertz CT molecular complexity index is 1270. The monoisotopic (exact) mass is 485 g/mol. The molecule has 5 rings (SSSR count). The van der Waals surface area contributed by atoms with E-state index in [4.69, 9.17) is 5.73 Å². The van der Waals surface area contributed by atoms with Gasteiger partial charge in [-0.2, -0.15) is 0 Å². The third-order valence-electron chi connectivity index (χ3n) is 5.81. The number of amides is 1. The van der Waals surface area contributed by atoms with Crippen molar-refractivity contribution in [3.8, 4) is 0 Å². The summed E-state index contributed by atoms with van der Waals surface area (Å²) < 4.78 is 40.8. The lowest BCUT2D eigenvalue weighted by Crippen LogP contribution is -2.40. The molecule has 2 aromatic heterocycles. The number of hydrogen-bond acceptors (Lipinski definition) is 8. The predicted octanol–water partition coefficient (Wildman–Crippen LogP) is 2.93. The van der Waals surface area contributed by atoms with E-state index >= 15 is 4.39 Å². The molecule has 2 aliphatic heterocycles. The standard InChI is InChI=1S/C22H18F3N7OS/c23-13-1-4-18(27-7-13)19(33)31-15-2-3-17(25)16(5-15)22-11-32(21-29-8-14(24)9-30-21)10-12(22)6-28-20(26)34-22/h1-5,7-9,12H,6,10-11H2,(H2,26,28)(H,31,33). The van der Waals surface area contributed by atoms with Gasteiger partial charge in [-0.25, -0.2) is 28.1 Å². The molecule has 2 aliphatic rings. The van der Waals surface area contributed by atoms with Gasteiger partial charge in [0.1, 0.15) is 17.3 Å². The Labute approximate surface area is 196 Å². The summed E-state index contributed by atoms with van der Waals surface area (Å²) in [7, 11) is 0. The lowest BCUT2D eigenvalue weighted by molar-refractivity contribution is 0.102. The molecule has 2 atom stereocenters. The smallest absolute Gasteiger partial charge is 0.274 e. The van der Waals surface area contributed by atoms with Crippen LogP contribution in [0, 0.1) is 23.4 Å². The molecule has 1 aromatic carbocycles. The predicted molar refractivity (Wildman–Crippen MR) is 122 cm³/mol. The van der Waals surface area contributed by atoms with E-state index in [2.05, 4.69) is 25.3 Å². The second kappa shape index (κ2) is 8.60. The van der Waals surface area contributed by atoms with Crippen LogP contribution in [-0.4, -0.2) is 45.7 Å². The number of fused-ring (bicyclic) bond motifs is 1. The van der Waals surface area contributed by atoms with Crippen LogP contribution in [0.1, 0.15) is 16.1 Å². The van der Waals surface area contributed by atoms with Crippen LogP contribution in [0.5, 0.6) is 0 Å². The molecule has 3 N–H and O–H groups in total. The van der Waals surface area contributed by atoms with Crippen LogP contribution in [0.2, 0.25) is 0 Å². The highest BCUT2D eigenvalue weighted by Crippen LogP contribution is 2.52. The minimum Gasteiger partial charge on any atom is -0.379 e. The maximum Gasteiger partial charge on any atom is 0.274 e. The molecule has 1 fully saturated rings. The average Bonchev–Trinajstić information content (AvgIpc) is 3.20. The summed E-state index contributed by atoms with van der Waals surface area (Å²) in [5, 5.41) is 3.00. The highest BCUT2D eigenvalue weighted by Gasteiger charge is 2.52. The Morgan fingerprint density at radius 1 is 1.09 bits per heavy atom. The number of aliphatic imine (C=N–C) groups is 1. The van der Waals surface area contributed by atoms with E-state index in [-0.39, 0.29) is 11.6 Å². The van der Waals surface area contributed by atoms with E-state index in [1.54, 1.807) is 6.07 Å². The van der Waals surface area contributed by atoms with E-state index in [9.17, 15) is 13.6 Å². The average molecular weight is 485 g/mol. The molecule has 0 aliphatic carbocycles. The van der Waals surface area contributed by atoms with Crippen LogP contribution in [0.3, 0.4) is 0 Å². The molecule has 0 bridgehead atoms. The van der Waals surface area contributed by atoms with Crippen molar-refractivity contribution in [2.75, 3.05) is 29.9 Å². The van der Waals surface area contributed by atoms with Gasteiger partial charge < -0.3 is 16.0 Å². The van der Waals surface area contributed by atoms with Crippen molar-refractivity contribution in [2.45, 2.75) is 4.75 Å². The van der Waals surface area contributed by atoms with E-state index < -0.39 is 28.1 Å². The second-order valence-electron chi connectivity index (χ2n) is 7.96. The highest BCUT2D eigenvalue weighted by atomic mass is 32.2. The zero-order valence-electron chi connectivity index (χ0n) is 17.6. The van der Waals surface area contributed by atoms with Crippen molar-refractivity contribution in [1.29, 1.82) is 0 Å². The van der Waals surface area contributed by atoms with Crippen molar-refractivity contribution in [1.82, 2.24) is 15.0 Å². The second-order valence-corrected chi connectivity index (χ2v) is 9.31. The van der Waals surface area contributed by atoms with E-state index in [1.807, 2.05) is 4.90 Å². The molecule has 1 saturated heterocycles. The summed E-state index contributed by atoms with van der Waals surface area (Å²) in [6.07, 6.45) is 3.10. The van der Waals surface area contributed by atoms with Gasteiger partial charge in [-0.3, -0.25) is 9.79 Å². The number of nitrogens with two attached hydrogens (primary N) is 1. The lowest BCUT2D eigenvalue weighted by atomic mass is 9.87. The number of pyridine rings is 1. The third kappa shape index (κ3) is 4.04. The number of aromatic nitrogens is 3. The molecule has 12 heteroatoms. The van der Waals surface area contributed by atoms with Gasteiger partial charge in [0.05, 0.1) is 23.3 Å². The van der Waals surface area contributed by atoms with Gasteiger partial charge in [-0.05, 0) is 30.3 Å². The number of benzene rings is 1. The summed E-state index contributed by atoms with van der Waals surface area (Å²) >= 11 is 1.25. The zero-order chi connectivity index (χ0) is 23.9. The summed E-state index contributed by atoms with van der Waals surface area (Å²) in [5.41, 5.74) is 6.77. The number of hydrogen-bond donors (Lipinski definition) is 2. The number of rotatable bonds is 4. The molecule has 174 valence electrons. The van der Waals surface area contributed by atoms with Gasteiger partial charge in [0.15, 0.2) is 11.0 Å². The third-order valence-corrected chi connectivity index (χ3v) is 7.19. The molecule has 4 heterocycles. The fourth-order valence-corrected chi connectivity index (χ4v) is 5.56. The van der Waals surface area contributed by atoms with E-state index in [0.717, 1.165) is 24.7 Å². The first kappa shape index (κ1) is 22.1. The number of anilines is 2. The van der Waals surface area contributed by atoms with Gasteiger partial charge in [-0.1, -0.05) is 11.8 Å². The van der Waals surface area contributed by atoms with Crippen LogP contribution >= 0.6 is 11.8 Å². The first-order valence-electron chi connectivity index (χ1n) is 10.3. The van der Waals surface area contributed by atoms with Crippen LogP contribution in [0.25, 0.3) is 0 Å². The van der Waals surface area contributed by atoms with Crippen LogP contribution in [0.4, 0.5) is 24.8 Å². The maximum absolute atomic E-state index is 15.2. The Morgan fingerprint density at radius 3 is 2.59 bits per heavy atom. The molecule has 8 nitrogen and oxygen atoms in total. The van der Waals surface area contributed by atoms with Gasteiger partial charge >= 0.3 is 0 Å². The molecular weight excluding hydrogens is 467 g/mol. The van der Waals surface area contributed by atoms with Crippen molar-refractivity contribution < 1.29 is 18.0 Å². The van der Waals surface area contributed by atoms with Crippen molar-refractivity contribution in [2.24, 2.45) is 16.6 Å². The number of amidine groups is 1. The molecule has 34 heavy (non-hydrogen) atoms. The SMILES string of the molecule is NC1=NCC2CN(c3ncc(F)cn3)CC2(c2cc(NC(=O)c3ccc(F)cn3)ccc2F)S1. The minimum absolute atomic E-state index is 0.0206. The summed E-state index contributed by atoms with van der Waals surface area (Å²) in [5.74, 6) is -1.96. The molecule has 2 unspecified atom stereocenters. The number of carbonyl (C=O) groups excluding carboxylic acids is 1. The van der Waals surface area contributed by atoms with Gasteiger partial charge in [-0.15, -0.1) is 0 Å². The number of halogens is 3. The van der Waals surface area contributed by atoms with Crippen molar-refractivity contribution >= 4 is 34.5 Å². The lowest BCUT2D eigenvalue weighted by Gasteiger charge is -2.36. The fourth-order valence-electron chi connectivity index (χ4n) is 4.24. The Hall–Kier alpha value is -3.67. The number of nitrogens with one attached hydrogen (secondary N) is 1. The summed E-state index contributed by atoms with van der Waals surface area (Å²) in [4.78, 5) is 30.6. The van der Waals surface area contributed by atoms with Gasteiger partial charge in [0.2, 0.25) is 5.95 Å². The highest BCUT2D eigenvalue weighted by molar-refractivity contribution is 8.14. The zero-order valence-corrected chi connectivity index (χ0v) is 18.4. The Balaban J connectivity index is 1.48. The maximum atomic E-state index is 15.2. The summed E-state index contributed by atoms with van der Waals surface area (Å²) in [6, 6.07) is 6.66. The normalized spacial score (nSPS) is 21.7. The molecule has 3 aromatic rings. The molecule has 0 saturated carbocycles. The Morgan fingerprint density at radius 2 is 1.85 bits per heavy atom. The quantitative estimate of drug-likeness (QED) is 0.585. The van der Waals surface area contributed by atoms with Crippen LogP contribution < -0.4 is 16.0 Å². The number of thioether (sulfide) groups is 1. The molecular formula is C22H18F3N7OS. The fraction of sp³-hybridized carbons (Fsp3) is 0.227. The van der Waals surface area contributed by atoms with Crippen LogP contribution in [-0.2, 0) is 4.75 Å². The van der Waals surface area contributed by atoms with Gasteiger partial charge in [0, 0.05) is 36.8 Å². The first-order chi connectivity index (χ1) is 16.3. The largest absolute Gasteiger partial charge is 0.379 e. The number of nitrogens with zero attached hydrogens (tertiary/aromatic N) is 5. The minimum atomic E-state index is -0.831. The van der Waals surface area contributed by atoms with Crippen molar-refractivity contribution in [3.05, 3.63) is 77.6 Å². The van der Waals surface area contributed by atoms with Crippen LogP contribution in [0.15, 0.2) is 53.9 Å². The molecule has 0 spiro atoms. The molecule has 0 radical (unpaired) electrons. The van der Waals surface area contributed by atoms with Gasteiger partial charge in [0.25, 0.3) is 5.91 Å². The number of carbonyl (C=O) groups is 1. The Kier molecular flexibility index (Phi) is 5.60. The topological polar surface area (TPSA) is 109 Å². The van der Waals surface area contributed by atoms with E-state index in [1.165, 1.54) is 30.0 Å². The molecule has 1 amide bonds. The first-order valence-corrected chi connectivity index (χ1v) is 11.1. The van der Waals surface area contributed by atoms with E-state index in [0.29, 0.717) is 42.0 Å². The summed E-state index contributed by atoms with van der Waals surface area (Å²) in [6.45, 7) is 1.13.